The standard InChI is InChI=1S/C23H32BrN3O/c1-18-15-20(24)13-14-22(18)26-17-19(16-25)23(28)27-21-11-9-7-5-3-2-4-6-8-10-12-21/h13-15,17,21,26H,2-12H2,1H3,(H,27,28)/b19-17-. The van der Waals surface area contributed by atoms with E-state index >= 15 is 0 Å². The smallest absolute Gasteiger partial charge is 0.263 e. The fraction of sp³-hybridized carbons (Fsp3) is 0.565. The fourth-order valence-corrected chi connectivity index (χ4v) is 4.13. The number of nitrogens with zero attached hydrogens (tertiary/aromatic N) is 1. The number of hydrogen-bond acceptors (Lipinski definition) is 3. The number of aryl methyl sites for hydroxylation is 1. The van der Waals surface area contributed by atoms with Crippen molar-refractivity contribution < 1.29 is 4.79 Å². The second-order valence-electron chi connectivity index (χ2n) is 7.70. The van der Waals surface area contributed by atoms with Crippen molar-refractivity contribution >= 4 is 27.5 Å². The van der Waals surface area contributed by atoms with Gasteiger partial charge >= 0.3 is 0 Å². The van der Waals surface area contributed by atoms with Crippen molar-refractivity contribution in [2.45, 2.75) is 83.6 Å². The molecular weight excluding hydrogens is 414 g/mol. The second-order valence-corrected chi connectivity index (χ2v) is 8.62. The molecule has 1 aromatic rings. The van der Waals surface area contributed by atoms with E-state index in [-0.39, 0.29) is 17.5 Å². The van der Waals surface area contributed by atoms with Crippen LogP contribution in [0.1, 0.15) is 76.2 Å². The Kier molecular flexibility index (Phi) is 10.1. The monoisotopic (exact) mass is 445 g/mol. The second kappa shape index (κ2) is 12.6. The molecule has 28 heavy (non-hydrogen) atoms. The van der Waals surface area contributed by atoms with E-state index < -0.39 is 0 Å². The summed E-state index contributed by atoms with van der Waals surface area (Å²) in [7, 11) is 0. The Bertz CT molecular complexity index is 696. The first-order chi connectivity index (χ1) is 13.6. The van der Waals surface area contributed by atoms with Gasteiger partial charge in [-0.1, -0.05) is 73.7 Å². The number of carbonyl (C=O) groups is 1. The molecule has 0 aliphatic heterocycles. The van der Waals surface area contributed by atoms with E-state index in [2.05, 4.69) is 26.6 Å². The van der Waals surface area contributed by atoms with Crippen LogP contribution in [0, 0.1) is 18.3 Å². The van der Waals surface area contributed by atoms with Crippen LogP contribution < -0.4 is 10.6 Å². The van der Waals surface area contributed by atoms with Crippen LogP contribution in [-0.2, 0) is 4.79 Å². The molecule has 0 saturated heterocycles. The largest absolute Gasteiger partial charge is 0.360 e. The van der Waals surface area contributed by atoms with E-state index in [1.807, 2.05) is 31.2 Å². The van der Waals surface area contributed by atoms with Gasteiger partial charge in [0.2, 0.25) is 0 Å². The molecule has 1 aromatic carbocycles. The molecule has 2 rings (SSSR count). The van der Waals surface area contributed by atoms with Gasteiger partial charge in [-0.25, -0.2) is 0 Å². The van der Waals surface area contributed by atoms with Gasteiger partial charge in [0.25, 0.3) is 5.91 Å². The van der Waals surface area contributed by atoms with Gasteiger partial charge in [0.1, 0.15) is 11.6 Å². The molecule has 1 aliphatic rings. The maximum absolute atomic E-state index is 12.6. The van der Waals surface area contributed by atoms with E-state index in [4.69, 9.17) is 0 Å². The SMILES string of the molecule is Cc1cc(Br)ccc1N/C=C(/C#N)C(=O)NC1CCCCCCCCCCC1. The first-order valence-corrected chi connectivity index (χ1v) is 11.3. The number of halogens is 1. The van der Waals surface area contributed by atoms with E-state index in [0.29, 0.717) is 0 Å². The molecule has 1 fully saturated rings. The molecule has 0 heterocycles. The van der Waals surface area contributed by atoms with Crippen LogP contribution in [0.2, 0.25) is 0 Å². The normalized spacial score (nSPS) is 17.7. The van der Waals surface area contributed by atoms with Crippen LogP contribution in [0.3, 0.4) is 0 Å². The highest BCUT2D eigenvalue weighted by Gasteiger charge is 2.16. The summed E-state index contributed by atoms with van der Waals surface area (Å²) < 4.78 is 1.00. The van der Waals surface area contributed by atoms with Crippen molar-refractivity contribution in [3.8, 4) is 6.07 Å². The van der Waals surface area contributed by atoms with Crippen LogP contribution >= 0.6 is 15.9 Å². The third-order valence-corrected chi connectivity index (χ3v) is 5.86. The highest BCUT2D eigenvalue weighted by molar-refractivity contribution is 9.10. The molecule has 1 aliphatic carbocycles. The molecule has 152 valence electrons. The average molecular weight is 446 g/mol. The Labute approximate surface area is 177 Å². The Morgan fingerprint density at radius 3 is 2.18 bits per heavy atom. The molecule has 5 heteroatoms. The van der Waals surface area contributed by atoms with Gasteiger partial charge in [0.05, 0.1) is 0 Å². The van der Waals surface area contributed by atoms with Crippen LogP contribution in [0.5, 0.6) is 0 Å². The zero-order valence-electron chi connectivity index (χ0n) is 16.9. The Hall–Kier alpha value is -1.80. The van der Waals surface area contributed by atoms with Crippen molar-refractivity contribution in [1.82, 2.24) is 5.32 Å². The fourth-order valence-electron chi connectivity index (χ4n) is 3.66. The minimum Gasteiger partial charge on any atom is -0.360 e. The Balaban J connectivity index is 1.94. The number of benzene rings is 1. The molecule has 2 N–H and O–H groups in total. The third-order valence-electron chi connectivity index (χ3n) is 5.37. The average Bonchev–Trinajstić information content (AvgIpc) is 2.66. The lowest BCUT2D eigenvalue weighted by atomic mass is 9.98. The van der Waals surface area contributed by atoms with Crippen molar-refractivity contribution in [3.63, 3.8) is 0 Å². The minimum absolute atomic E-state index is 0.119. The molecule has 4 nitrogen and oxygen atoms in total. The molecule has 1 amide bonds. The number of anilines is 1. The summed E-state index contributed by atoms with van der Waals surface area (Å²) in [5, 5.41) is 15.6. The predicted molar refractivity (Wildman–Crippen MR) is 119 cm³/mol. The van der Waals surface area contributed by atoms with Crippen molar-refractivity contribution in [3.05, 3.63) is 40.0 Å². The highest BCUT2D eigenvalue weighted by Crippen LogP contribution is 2.20. The van der Waals surface area contributed by atoms with Gasteiger partial charge in [-0.05, 0) is 43.5 Å². The maximum Gasteiger partial charge on any atom is 0.263 e. The third kappa shape index (κ3) is 8.06. The van der Waals surface area contributed by atoms with Gasteiger partial charge in [-0.2, -0.15) is 5.26 Å². The molecular formula is C23H32BrN3O. The summed E-state index contributed by atoms with van der Waals surface area (Å²) in [4.78, 5) is 12.6. The van der Waals surface area contributed by atoms with Gasteiger partial charge in [0, 0.05) is 22.4 Å². The Morgan fingerprint density at radius 1 is 1.07 bits per heavy atom. The molecule has 0 atom stereocenters. The number of hydrogen-bond donors (Lipinski definition) is 2. The van der Waals surface area contributed by atoms with Crippen molar-refractivity contribution in [2.24, 2.45) is 0 Å². The molecule has 0 radical (unpaired) electrons. The number of nitriles is 1. The van der Waals surface area contributed by atoms with Crippen molar-refractivity contribution in [1.29, 1.82) is 5.26 Å². The summed E-state index contributed by atoms with van der Waals surface area (Å²) in [6.45, 7) is 1.98. The molecule has 0 unspecified atom stereocenters. The quantitative estimate of drug-likeness (QED) is 0.417. The zero-order valence-corrected chi connectivity index (χ0v) is 18.5. The maximum atomic E-state index is 12.6. The number of carbonyl (C=O) groups excluding carboxylic acids is 1. The summed E-state index contributed by atoms with van der Waals surface area (Å²) in [5.74, 6) is -0.276. The predicted octanol–water partition coefficient (Wildman–Crippen LogP) is 6.37. The highest BCUT2D eigenvalue weighted by atomic mass is 79.9. The van der Waals surface area contributed by atoms with E-state index in [1.165, 1.54) is 51.1 Å². The number of rotatable bonds is 4. The topological polar surface area (TPSA) is 64.9 Å². The summed E-state index contributed by atoms with van der Waals surface area (Å²) in [5.41, 5.74) is 2.05. The number of amides is 1. The van der Waals surface area contributed by atoms with Crippen LogP contribution in [0.25, 0.3) is 0 Å². The van der Waals surface area contributed by atoms with E-state index in [1.54, 1.807) is 0 Å². The van der Waals surface area contributed by atoms with Gasteiger partial charge in [-0.3, -0.25) is 4.79 Å². The first-order valence-electron chi connectivity index (χ1n) is 10.5. The van der Waals surface area contributed by atoms with Crippen LogP contribution in [0.15, 0.2) is 34.4 Å². The lowest BCUT2D eigenvalue weighted by molar-refractivity contribution is -0.117. The molecule has 0 aromatic heterocycles. The summed E-state index contributed by atoms with van der Waals surface area (Å²) in [6, 6.07) is 8.05. The van der Waals surface area contributed by atoms with Gasteiger partial charge in [0.15, 0.2) is 0 Å². The van der Waals surface area contributed by atoms with Gasteiger partial charge < -0.3 is 10.6 Å². The lowest BCUT2D eigenvalue weighted by Gasteiger charge is -2.19. The number of nitrogens with one attached hydrogen (secondary N) is 2. The van der Waals surface area contributed by atoms with Crippen LogP contribution in [0.4, 0.5) is 5.69 Å². The molecule has 0 spiro atoms. The van der Waals surface area contributed by atoms with Crippen molar-refractivity contribution in [2.75, 3.05) is 5.32 Å². The summed E-state index contributed by atoms with van der Waals surface area (Å²) in [6.07, 6.45) is 14.9. The van der Waals surface area contributed by atoms with E-state index in [9.17, 15) is 10.1 Å². The molecule has 1 saturated carbocycles. The first kappa shape index (κ1) is 22.5. The minimum atomic E-state index is -0.276. The Morgan fingerprint density at radius 2 is 1.64 bits per heavy atom. The molecule has 0 bridgehead atoms. The summed E-state index contributed by atoms with van der Waals surface area (Å²) >= 11 is 3.44. The zero-order chi connectivity index (χ0) is 20.2. The van der Waals surface area contributed by atoms with Crippen LogP contribution in [-0.4, -0.2) is 11.9 Å². The lowest BCUT2D eigenvalue weighted by Crippen LogP contribution is -2.35. The van der Waals surface area contributed by atoms with Gasteiger partial charge in [-0.15, -0.1) is 0 Å². The van der Waals surface area contributed by atoms with E-state index in [0.717, 1.165) is 41.4 Å².